The van der Waals surface area contributed by atoms with E-state index in [9.17, 15) is 9.59 Å². The van der Waals surface area contributed by atoms with Crippen LogP contribution in [0, 0.1) is 5.92 Å². The molecule has 0 radical (unpaired) electrons. The molecule has 0 aromatic carbocycles. The molecule has 24 heavy (non-hydrogen) atoms. The van der Waals surface area contributed by atoms with E-state index in [0.717, 1.165) is 57.4 Å². The van der Waals surface area contributed by atoms with Crippen LogP contribution in [0.3, 0.4) is 0 Å². The molecular formula is C18H26N4O2. The van der Waals surface area contributed by atoms with Gasteiger partial charge in [-0.2, -0.15) is 0 Å². The van der Waals surface area contributed by atoms with Crippen molar-refractivity contribution in [2.45, 2.75) is 45.6 Å². The zero-order chi connectivity index (χ0) is 17.1. The molecule has 1 aromatic rings. The molecule has 1 fully saturated rings. The Hall–Kier alpha value is -2.11. The molecule has 0 saturated carbocycles. The van der Waals surface area contributed by atoms with Crippen molar-refractivity contribution in [3.8, 4) is 0 Å². The third kappa shape index (κ3) is 3.23. The van der Waals surface area contributed by atoms with Crippen LogP contribution in [0.25, 0.3) is 0 Å². The van der Waals surface area contributed by atoms with Gasteiger partial charge in [-0.1, -0.05) is 13.0 Å². The normalized spacial score (nSPS) is 18.1. The molecular weight excluding hydrogens is 304 g/mol. The Balaban J connectivity index is 1.87. The molecule has 6 heteroatoms. The van der Waals surface area contributed by atoms with Gasteiger partial charge in [-0.3, -0.25) is 9.59 Å². The molecule has 3 heterocycles. The fourth-order valence-electron chi connectivity index (χ4n) is 3.49. The maximum atomic E-state index is 12.9. The lowest BCUT2D eigenvalue weighted by molar-refractivity contribution is 0.0678. The van der Waals surface area contributed by atoms with Crippen molar-refractivity contribution in [1.29, 1.82) is 0 Å². The summed E-state index contributed by atoms with van der Waals surface area (Å²) in [4.78, 5) is 31.6. The predicted molar refractivity (Wildman–Crippen MR) is 92.0 cm³/mol. The van der Waals surface area contributed by atoms with Crippen molar-refractivity contribution in [2.24, 2.45) is 5.92 Å². The van der Waals surface area contributed by atoms with Crippen LogP contribution in [-0.2, 0) is 13.0 Å². The molecule has 2 aliphatic heterocycles. The highest BCUT2D eigenvalue weighted by Crippen LogP contribution is 2.24. The number of carbonyl (C=O) groups excluding carboxylic acids is 2. The lowest BCUT2D eigenvalue weighted by Gasteiger charge is -2.30. The number of piperidine rings is 1. The van der Waals surface area contributed by atoms with Crippen LogP contribution in [0.1, 0.15) is 59.4 Å². The van der Waals surface area contributed by atoms with Gasteiger partial charge in [0, 0.05) is 26.2 Å². The molecule has 1 aromatic heterocycles. The Morgan fingerprint density at radius 3 is 2.75 bits per heavy atom. The number of rotatable bonds is 4. The summed E-state index contributed by atoms with van der Waals surface area (Å²) in [6, 6.07) is 0. The summed E-state index contributed by atoms with van der Waals surface area (Å²) in [5.74, 6) is 0.853. The van der Waals surface area contributed by atoms with Gasteiger partial charge >= 0.3 is 0 Å². The molecule has 1 N–H and O–H groups in total. The Morgan fingerprint density at radius 2 is 2.04 bits per heavy atom. The van der Waals surface area contributed by atoms with Crippen LogP contribution < -0.4 is 5.32 Å². The second kappa shape index (κ2) is 7.20. The number of nitrogens with one attached hydrogen (secondary N) is 1. The molecule has 6 nitrogen and oxygen atoms in total. The number of imidazole rings is 1. The number of hydrogen-bond donors (Lipinski definition) is 1. The van der Waals surface area contributed by atoms with Crippen molar-refractivity contribution >= 4 is 11.8 Å². The van der Waals surface area contributed by atoms with Crippen molar-refractivity contribution in [3.05, 3.63) is 29.9 Å². The minimum atomic E-state index is -0.216. The quantitative estimate of drug-likeness (QED) is 0.859. The molecule has 0 aliphatic carbocycles. The first-order valence-electron chi connectivity index (χ1n) is 8.89. The third-order valence-corrected chi connectivity index (χ3v) is 5.00. The van der Waals surface area contributed by atoms with E-state index >= 15 is 0 Å². The predicted octanol–water partition coefficient (Wildman–Crippen LogP) is 2.01. The zero-order valence-electron chi connectivity index (χ0n) is 14.4. The summed E-state index contributed by atoms with van der Waals surface area (Å²) in [7, 11) is 0. The maximum absolute atomic E-state index is 12.9. The first-order chi connectivity index (χ1) is 11.6. The fourth-order valence-corrected chi connectivity index (χ4v) is 3.49. The van der Waals surface area contributed by atoms with Gasteiger partial charge in [-0.25, -0.2) is 4.98 Å². The highest BCUT2D eigenvalue weighted by molar-refractivity contribution is 5.97. The maximum Gasteiger partial charge on any atom is 0.289 e. The topological polar surface area (TPSA) is 67.2 Å². The Morgan fingerprint density at radius 1 is 1.29 bits per heavy atom. The van der Waals surface area contributed by atoms with Gasteiger partial charge in [0.05, 0.1) is 5.69 Å². The van der Waals surface area contributed by atoms with Crippen LogP contribution >= 0.6 is 0 Å². The highest BCUT2D eigenvalue weighted by Gasteiger charge is 2.30. The number of fused-ring (bicyclic) bond motifs is 1. The first-order valence-corrected chi connectivity index (χ1v) is 8.89. The van der Waals surface area contributed by atoms with Gasteiger partial charge in [0.25, 0.3) is 11.8 Å². The van der Waals surface area contributed by atoms with Crippen LogP contribution in [0.2, 0.25) is 0 Å². The minimum absolute atomic E-state index is 0.0344. The van der Waals surface area contributed by atoms with E-state index in [1.807, 2.05) is 9.47 Å². The lowest BCUT2D eigenvalue weighted by atomic mass is 9.99. The molecule has 0 spiro atoms. The molecule has 0 unspecified atom stereocenters. The van der Waals surface area contributed by atoms with Gasteiger partial charge in [-0.05, 0) is 38.0 Å². The Kier molecular flexibility index (Phi) is 5.02. The summed E-state index contributed by atoms with van der Waals surface area (Å²) >= 11 is 0. The minimum Gasteiger partial charge on any atom is -0.347 e. The van der Waals surface area contributed by atoms with Gasteiger partial charge in [0.2, 0.25) is 0 Å². The number of carbonyl (C=O) groups is 2. The molecule has 1 saturated heterocycles. The number of hydrogen-bond acceptors (Lipinski definition) is 3. The van der Waals surface area contributed by atoms with Crippen LogP contribution in [-0.4, -0.2) is 45.9 Å². The standard InChI is InChI=1S/C18H26N4O2/c1-3-9-19-17(23)15-14-6-4-5-10-22(14)16(20-15)18(24)21-11-7-13(2)8-12-21/h3,13H,1,4-12H2,2H3,(H,19,23). The van der Waals surface area contributed by atoms with Gasteiger partial charge in [-0.15, -0.1) is 6.58 Å². The second-order valence-corrected chi connectivity index (χ2v) is 6.81. The molecule has 0 atom stereocenters. The first kappa shape index (κ1) is 16.7. The summed E-state index contributed by atoms with van der Waals surface area (Å²) in [6.07, 6.45) is 6.56. The average molecular weight is 330 g/mol. The molecule has 0 bridgehead atoms. The van der Waals surface area contributed by atoms with E-state index in [1.165, 1.54) is 0 Å². The average Bonchev–Trinajstić information content (AvgIpc) is 2.99. The van der Waals surface area contributed by atoms with Crippen molar-refractivity contribution in [3.63, 3.8) is 0 Å². The monoisotopic (exact) mass is 330 g/mol. The Labute approximate surface area is 142 Å². The van der Waals surface area contributed by atoms with E-state index in [-0.39, 0.29) is 11.8 Å². The van der Waals surface area contributed by atoms with E-state index in [4.69, 9.17) is 0 Å². The van der Waals surface area contributed by atoms with Gasteiger partial charge in [0.15, 0.2) is 5.82 Å². The number of nitrogens with zero attached hydrogens (tertiary/aromatic N) is 3. The van der Waals surface area contributed by atoms with Crippen molar-refractivity contribution < 1.29 is 9.59 Å². The largest absolute Gasteiger partial charge is 0.347 e. The van der Waals surface area contributed by atoms with E-state index in [1.54, 1.807) is 6.08 Å². The molecule has 3 rings (SSSR count). The van der Waals surface area contributed by atoms with Gasteiger partial charge < -0.3 is 14.8 Å². The molecule has 2 amide bonds. The summed E-state index contributed by atoms with van der Waals surface area (Å²) in [5.41, 5.74) is 1.31. The fraction of sp³-hybridized carbons (Fsp3) is 0.611. The third-order valence-electron chi connectivity index (χ3n) is 5.00. The van der Waals surface area contributed by atoms with E-state index in [2.05, 4.69) is 23.8 Å². The van der Waals surface area contributed by atoms with E-state index in [0.29, 0.717) is 24.0 Å². The highest BCUT2D eigenvalue weighted by atomic mass is 16.2. The van der Waals surface area contributed by atoms with Crippen molar-refractivity contribution in [2.75, 3.05) is 19.6 Å². The number of aromatic nitrogens is 2. The Bertz CT molecular complexity index is 642. The van der Waals surface area contributed by atoms with Crippen LogP contribution in [0.4, 0.5) is 0 Å². The smallest absolute Gasteiger partial charge is 0.289 e. The number of amides is 2. The second-order valence-electron chi connectivity index (χ2n) is 6.81. The van der Waals surface area contributed by atoms with Crippen LogP contribution in [0.5, 0.6) is 0 Å². The van der Waals surface area contributed by atoms with Gasteiger partial charge in [0.1, 0.15) is 5.69 Å². The molecule has 2 aliphatic rings. The SMILES string of the molecule is C=CCNC(=O)c1nc(C(=O)N2CCC(C)CC2)n2c1CCCC2. The summed E-state index contributed by atoms with van der Waals surface area (Å²) in [5, 5.41) is 2.78. The van der Waals surface area contributed by atoms with Crippen LogP contribution in [0.15, 0.2) is 12.7 Å². The number of likely N-dealkylation sites (tertiary alicyclic amines) is 1. The molecule has 130 valence electrons. The zero-order valence-corrected chi connectivity index (χ0v) is 14.4. The van der Waals surface area contributed by atoms with Crippen molar-refractivity contribution in [1.82, 2.24) is 19.8 Å². The summed E-state index contributed by atoms with van der Waals surface area (Å²) in [6.45, 7) is 8.56. The van der Waals surface area contributed by atoms with E-state index < -0.39 is 0 Å². The summed E-state index contributed by atoms with van der Waals surface area (Å²) < 4.78 is 1.96. The lowest BCUT2D eigenvalue weighted by Crippen LogP contribution is -2.39.